The van der Waals surface area contributed by atoms with E-state index < -0.39 is 0 Å². The van der Waals surface area contributed by atoms with Crippen LogP contribution in [0, 0.1) is 0 Å². The summed E-state index contributed by atoms with van der Waals surface area (Å²) in [6.07, 6.45) is 1.44. The molecule has 0 spiro atoms. The fourth-order valence-electron chi connectivity index (χ4n) is 1.53. The molecule has 0 saturated carbocycles. The predicted molar refractivity (Wildman–Crippen MR) is 76.0 cm³/mol. The summed E-state index contributed by atoms with van der Waals surface area (Å²) in [5.74, 6) is 6.59. The average Bonchev–Trinajstić information content (AvgIpc) is 2.38. The smallest absolute Gasteiger partial charge is 0.243 e. The molecule has 8 nitrogen and oxygen atoms in total. The van der Waals surface area contributed by atoms with Crippen molar-refractivity contribution in [3.05, 3.63) is 0 Å². The van der Waals surface area contributed by atoms with Crippen molar-refractivity contribution in [2.24, 2.45) is 5.84 Å². The van der Waals surface area contributed by atoms with Gasteiger partial charge in [-0.25, -0.2) is 5.84 Å². The molecule has 1 heterocycles. The second kappa shape index (κ2) is 6.48. The zero-order chi connectivity index (χ0) is 14.5. The van der Waals surface area contributed by atoms with Gasteiger partial charge in [0.1, 0.15) is 0 Å². The van der Waals surface area contributed by atoms with Crippen LogP contribution in [0.2, 0.25) is 0 Å². The van der Waals surface area contributed by atoms with Gasteiger partial charge in [-0.15, -0.1) is 0 Å². The van der Waals surface area contributed by atoms with Gasteiger partial charge in [-0.05, 0) is 19.8 Å². The largest absolute Gasteiger partial charge is 0.396 e. The standard InChI is InChI=1S/C11H23N7O/c1-5-11(2,6-7-19)16-8-13-9(17-12)15-10(14-8)18(3)4/h19H,5-7,12H2,1-4H3,(H2,13,14,15,16,17). The van der Waals surface area contributed by atoms with Gasteiger partial charge >= 0.3 is 0 Å². The maximum absolute atomic E-state index is 9.12. The Kier molecular flexibility index (Phi) is 5.25. The molecule has 1 atom stereocenters. The van der Waals surface area contributed by atoms with Gasteiger partial charge in [0.2, 0.25) is 17.8 Å². The van der Waals surface area contributed by atoms with Crippen LogP contribution in [0.1, 0.15) is 26.7 Å². The SMILES string of the molecule is CCC(C)(CCO)Nc1nc(NN)nc(N(C)C)n1. The molecule has 0 radical (unpaired) electrons. The lowest BCUT2D eigenvalue weighted by atomic mass is 9.95. The van der Waals surface area contributed by atoms with Crippen LogP contribution in [0.5, 0.6) is 0 Å². The summed E-state index contributed by atoms with van der Waals surface area (Å²) in [4.78, 5) is 14.4. The predicted octanol–water partition coefficient (Wildman–Crippen LogP) is 0.186. The number of nitrogens with two attached hydrogens (primary N) is 1. The van der Waals surface area contributed by atoms with E-state index >= 15 is 0 Å². The van der Waals surface area contributed by atoms with Gasteiger partial charge in [0, 0.05) is 26.2 Å². The summed E-state index contributed by atoms with van der Waals surface area (Å²) >= 11 is 0. The Morgan fingerprint density at radius 1 is 1.26 bits per heavy atom. The average molecular weight is 269 g/mol. The lowest BCUT2D eigenvalue weighted by molar-refractivity contribution is 0.251. The third-order valence-corrected chi connectivity index (χ3v) is 3.01. The molecule has 108 valence electrons. The van der Waals surface area contributed by atoms with E-state index in [-0.39, 0.29) is 12.1 Å². The fraction of sp³-hybridized carbons (Fsp3) is 0.727. The number of rotatable bonds is 7. The number of aromatic nitrogens is 3. The molecule has 0 aliphatic heterocycles. The van der Waals surface area contributed by atoms with Gasteiger partial charge in [-0.2, -0.15) is 15.0 Å². The number of aliphatic hydroxyl groups excluding tert-OH is 1. The van der Waals surface area contributed by atoms with Crippen molar-refractivity contribution in [2.75, 3.05) is 36.3 Å². The number of nitrogens with one attached hydrogen (secondary N) is 2. The summed E-state index contributed by atoms with van der Waals surface area (Å²) in [7, 11) is 3.68. The molecule has 0 aliphatic carbocycles. The molecule has 1 unspecified atom stereocenters. The highest BCUT2D eigenvalue weighted by Gasteiger charge is 2.23. The highest BCUT2D eigenvalue weighted by atomic mass is 16.3. The Morgan fingerprint density at radius 3 is 2.37 bits per heavy atom. The van der Waals surface area contributed by atoms with E-state index in [1.807, 2.05) is 27.9 Å². The van der Waals surface area contributed by atoms with Crippen molar-refractivity contribution in [2.45, 2.75) is 32.2 Å². The van der Waals surface area contributed by atoms with Crippen molar-refractivity contribution >= 4 is 17.8 Å². The Morgan fingerprint density at radius 2 is 1.89 bits per heavy atom. The van der Waals surface area contributed by atoms with Gasteiger partial charge in [-0.3, -0.25) is 5.43 Å². The summed E-state index contributed by atoms with van der Waals surface area (Å²) in [5, 5.41) is 12.4. The minimum Gasteiger partial charge on any atom is -0.396 e. The van der Waals surface area contributed by atoms with Crippen LogP contribution in [0.25, 0.3) is 0 Å². The van der Waals surface area contributed by atoms with Gasteiger partial charge in [0.05, 0.1) is 0 Å². The minimum absolute atomic E-state index is 0.102. The number of hydrogen-bond donors (Lipinski definition) is 4. The van der Waals surface area contributed by atoms with E-state index in [0.717, 1.165) is 6.42 Å². The van der Waals surface area contributed by atoms with Gasteiger partial charge in [-0.1, -0.05) is 6.92 Å². The molecule has 0 saturated heterocycles. The minimum atomic E-state index is -0.272. The van der Waals surface area contributed by atoms with E-state index in [1.54, 1.807) is 4.90 Å². The van der Waals surface area contributed by atoms with Crippen molar-refractivity contribution in [3.63, 3.8) is 0 Å². The van der Waals surface area contributed by atoms with Crippen LogP contribution in [-0.4, -0.2) is 46.3 Å². The maximum Gasteiger partial charge on any atom is 0.243 e. The number of nitrogen functional groups attached to an aromatic ring is 1. The second-order valence-electron chi connectivity index (χ2n) is 4.83. The quantitative estimate of drug-likeness (QED) is 0.410. The zero-order valence-electron chi connectivity index (χ0n) is 11.9. The molecule has 0 fully saturated rings. The maximum atomic E-state index is 9.12. The third kappa shape index (κ3) is 4.18. The van der Waals surface area contributed by atoms with E-state index in [0.29, 0.717) is 24.3 Å². The molecule has 1 rings (SSSR count). The summed E-state index contributed by atoms with van der Waals surface area (Å²) < 4.78 is 0. The van der Waals surface area contributed by atoms with Crippen LogP contribution < -0.4 is 21.5 Å². The summed E-state index contributed by atoms with van der Waals surface area (Å²) in [6.45, 7) is 4.15. The summed E-state index contributed by atoms with van der Waals surface area (Å²) in [5.41, 5.74) is 2.15. The van der Waals surface area contributed by atoms with E-state index in [1.165, 1.54) is 0 Å². The molecular formula is C11H23N7O. The number of nitrogens with zero attached hydrogens (tertiary/aromatic N) is 4. The van der Waals surface area contributed by atoms with Crippen LogP contribution >= 0.6 is 0 Å². The Bertz CT molecular complexity index is 412. The Labute approximate surface area is 113 Å². The van der Waals surface area contributed by atoms with E-state index in [4.69, 9.17) is 10.9 Å². The Balaban J connectivity index is 3.02. The first kappa shape index (κ1) is 15.4. The molecule has 8 heteroatoms. The number of anilines is 3. The first-order valence-corrected chi connectivity index (χ1v) is 6.23. The molecule has 1 aromatic heterocycles. The molecule has 1 aromatic rings. The number of aliphatic hydroxyl groups is 1. The van der Waals surface area contributed by atoms with E-state index in [9.17, 15) is 0 Å². The van der Waals surface area contributed by atoms with Crippen LogP contribution in [0.4, 0.5) is 17.8 Å². The van der Waals surface area contributed by atoms with Crippen molar-refractivity contribution in [1.29, 1.82) is 0 Å². The zero-order valence-corrected chi connectivity index (χ0v) is 11.9. The fourth-order valence-corrected chi connectivity index (χ4v) is 1.53. The number of hydrazine groups is 1. The molecule has 0 aromatic carbocycles. The van der Waals surface area contributed by atoms with Crippen LogP contribution in [0.15, 0.2) is 0 Å². The van der Waals surface area contributed by atoms with Crippen molar-refractivity contribution in [3.8, 4) is 0 Å². The van der Waals surface area contributed by atoms with Gasteiger partial charge < -0.3 is 15.3 Å². The van der Waals surface area contributed by atoms with Crippen LogP contribution in [0.3, 0.4) is 0 Å². The molecular weight excluding hydrogens is 246 g/mol. The Hall–Kier alpha value is -1.67. The molecule has 0 amide bonds. The highest BCUT2D eigenvalue weighted by molar-refractivity contribution is 5.43. The first-order valence-electron chi connectivity index (χ1n) is 6.23. The normalized spacial score (nSPS) is 13.8. The lowest BCUT2D eigenvalue weighted by Crippen LogP contribution is -2.36. The third-order valence-electron chi connectivity index (χ3n) is 3.01. The van der Waals surface area contributed by atoms with Gasteiger partial charge in [0.15, 0.2) is 0 Å². The monoisotopic (exact) mass is 269 g/mol. The molecule has 0 aliphatic rings. The second-order valence-corrected chi connectivity index (χ2v) is 4.83. The number of hydrogen-bond acceptors (Lipinski definition) is 8. The molecule has 5 N–H and O–H groups in total. The van der Waals surface area contributed by atoms with Gasteiger partial charge in [0.25, 0.3) is 0 Å². The first-order chi connectivity index (χ1) is 8.94. The topological polar surface area (TPSA) is 112 Å². The molecule has 19 heavy (non-hydrogen) atoms. The lowest BCUT2D eigenvalue weighted by Gasteiger charge is -2.29. The van der Waals surface area contributed by atoms with Crippen LogP contribution in [-0.2, 0) is 0 Å². The summed E-state index contributed by atoms with van der Waals surface area (Å²) in [6, 6.07) is 0. The highest BCUT2D eigenvalue weighted by Crippen LogP contribution is 2.21. The van der Waals surface area contributed by atoms with Crippen molar-refractivity contribution < 1.29 is 5.11 Å². The van der Waals surface area contributed by atoms with E-state index in [2.05, 4.69) is 25.7 Å². The van der Waals surface area contributed by atoms with Crippen molar-refractivity contribution in [1.82, 2.24) is 15.0 Å². The molecule has 0 bridgehead atoms.